The Bertz CT molecular complexity index is 801. The molecule has 3 heterocycles. The molecular formula is C21H30N4O3. The second kappa shape index (κ2) is 8.61. The van der Waals surface area contributed by atoms with Crippen molar-refractivity contribution in [3.63, 3.8) is 0 Å². The van der Waals surface area contributed by atoms with Gasteiger partial charge in [0.15, 0.2) is 0 Å². The molecule has 1 fully saturated rings. The van der Waals surface area contributed by atoms with Crippen molar-refractivity contribution >= 4 is 0 Å². The molecule has 28 heavy (non-hydrogen) atoms. The van der Waals surface area contributed by atoms with Crippen LogP contribution in [0.25, 0.3) is 0 Å². The second-order valence-corrected chi connectivity index (χ2v) is 7.82. The van der Waals surface area contributed by atoms with Crippen LogP contribution in [0.15, 0.2) is 24.3 Å². The number of hydrogen-bond acceptors (Lipinski definition) is 6. The molecule has 0 bridgehead atoms. The summed E-state index contributed by atoms with van der Waals surface area (Å²) in [4.78, 5) is 4.89. The highest BCUT2D eigenvalue weighted by Gasteiger charge is 2.21. The van der Waals surface area contributed by atoms with Gasteiger partial charge in [-0.2, -0.15) is 5.10 Å². The van der Waals surface area contributed by atoms with Crippen LogP contribution in [0.3, 0.4) is 0 Å². The van der Waals surface area contributed by atoms with E-state index in [9.17, 15) is 5.11 Å². The predicted molar refractivity (Wildman–Crippen MR) is 106 cm³/mol. The maximum Gasteiger partial charge on any atom is 0.123 e. The van der Waals surface area contributed by atoms with Gasteiger partial charge in [0.05, 0.1) is 31.6 Å². The van der Waals surface area contributed by atoms with Gasteiger partial charge < -0.3 is 14.9 Å². The summed E-state index contributed by atoms with van der Waals surface area (Å²) in [6.45, 7) is 6.37. The molecule has 1 aromatic carbocycles. The first-order valence-corrected chi connectivity index (χ1v) is 10.1. The SMILES string of the molecule is COc1ccc(CN2CCn3nc(C(O)CO)cc3C2)cc1CN1CCCC1. The molecule has 1 aromatic heterocycles. The molecule has 0 amide bonds. The van der Waals surface area contributed by atoms with Crippen LogP contribution in [0.2, 0.25) is 0 Å². The molecule has 1 atom stereocenters. The maximum absolute atomic E-state index is 9.82. The molecule has 152 valence electrons. The van der Waals surface area contributed by atoms with Crippen molar-refractivity contribution in [2.75, 3.05) is 33.4 Å². The van der Waals surface area contributed by atoms with E-state index < -0.39 is 6.10 Å². The van der Waals surface area contributed by atoms with E-state index in [-0.39, 0.29) is 6.61 Å². The Morgan fingerprint density at radius 3 is 2.64 bits per heavy atom. The minimum Gasteiger partial charge on any atom is -0.496 e. The lowest BCUT2D eigenvalue weighted by Gasteiger charge is -2.28. The van der Waals surface area contributed by atoms with Crippen LogP contribution in [-0.2, 0) is 26.2 Å². The summed E-state index contributed by atoms with van der Waals surface area (Å²) in [5.41, 5.74) is 4.19. The Balaban J connectivity index is 1.44. The van der Waals surface area contributed by atoms with Gasteiger partial charge in [0.25, 0.3) is 0 Å². The third-order valence-corrected chi connectivity index (χ3v) is 5.75. The Hall–Kier alpha value is -1.93. The molecule has 2 N–H and O–H groups in total. The van der Waals surface area contributed by atoms with E-state index in [0.29, 0.717) is 5.69 Å². The molecule has 7 nitrogen and oxygen atoms in total. The first-order chi connectivity index (χ1) is 13.7. The van der Waals surface area contributed by atoms with Crippen LogP contribution >= 0.6 is 0 Å². The number of aliphatic hydroxyl groups excluding tert-OH is 2. The molecule has 2 aliphatic rings. The second-order valence-electron chi connectivity index (χ2n) is 7.82. The van der Waals surface area contributed by atoms with E-state index in [2.05, 4.69) is 33.1 Å². The minimum atomic E-state index is -0.902. The molecule has 2 aliphatic heterocycles. The third-order valence-electron chi connectivity index (χ3n) is 5.75. The molecule has 0 aliphatic carbocycles. The summed E-state index contributed by atoms with van der Waals surface area (Å²) in [6.07, 6.45) is 1.67. The Kier molecular flexibility index (Phi) is 5.96. The zero-order valence-electron chi connectivity index (χ0n) is 16.5. The summed E-state index contributed by atoms with van der Waals surface area (Å²) < 4.78 is 7.53. The first kappa shape index (κ1) is 19.4. The van der Waals surface area contributed by atoms with Crippen molar-refractivity contribution in [3.8, 4) is 5.75 Å². The number of benzene rings is 1. The smallest absolute Gasteiger partial charge is 0.123 e. The highest BCUT2D eigenvalue weighted by molar-refractivity contribution is 5.37. The number of rotatable bonds is 7. The average molecular weight is 386 g/mol. The summed E-state index contributed by atoms with van der Waals surface area (Å²) in [7, 11) is 1.74. The molecule has 7 heteroatoms. The zero-order valence-corrected chi connectivity index (χ0v) is 16.5. The molecule has 0 radical (unpaired) electrons. The van der Waals surface area contributed by atoms with Crippen LogP contribution in [-0.4, -0.2) is 63.1 Å². The topological polar surface area (TPSA) is 74.0 Å². The van der Waals surface area contributed by atoms with Gasteiger partial charge in [-0.3, -0.25) is 14.5 Å². The van der Waals surface area contributed by atoms with Gasteiger partial charge in [0.1, 0.15) is 11.9 Å². The Morgan fingerprint density at radius 2 is 1.89 bits per heavy atom. The molecular weight excluding hydrogens is 356 g/mol. The number of aromatic nitrogens is 2. The van der Waals surface area contributed by atoms with Crippen molar-refractivity contribution in [1.82, 2.24) is 19.6 Å². The number of fused-ring (bicyclic) bond motifs is 1. The Morgan fingerprint density at radius 1 is 1.07 bits per heavy atom. The lowest BCUT2D eigenvalue weighted by Crippen LogP contribution is -2.33. The fourth-order valence-electron chi connectivity index (χ4n) is 4.23. The van der Waals surface area contributed by atoms with Gasteiger partial charge in [-0.15, -0.1) is 0 Å². The maximum atomic E-state index is 9.82. The first-order valence-electron chi connectivity index (χ1n) is 10.1. The number of nitrogens with zero attached hydrogens (tertiary/aromatic N) is 4. The molecule has 0 spiro atoms. The van der Waals surface area contributed by atoms with Crippen LogP contribution in [0.1, 0.15) is 41.5 Å². The average Bonchev–Trinajstić information content (AvgIpc) is 3.37. The van der Waals surface area contributed by atoms with E-state index in [1.54, 1.807) is 7.11 Å². The molecule has 0 saturated carbocycles. The fraction of sp³-hybridized carbons (Fsp3) is 0.571. The van der Waals surface area contributed by atoms with Gasteiger partial charge in [-0.05, 0) is 49.7 Å². The van der Waals surface area contributed by atoms with Gasteiger partial charge >= 0.3 is 0 Å². The van der Waals surface area contributed by atoms with Crippen molar-refractivity contribution in [3.05, 3.63) is 46.8 Å². The van der Waals surface area contributed by atoms with Gasteiger partial charge in [-0.25, -0.2) is 0 Å². The monoisotopic (exact) mass is 386 g/mol. The number of ether oxygens (including phenoxy) is 1. The normalized spacial score (nSPS) is 19.0. The van der Waals surface area contributed by atoms with E-state index in [4.69, 9.17) is 9.84 Å². The predicted octanol–water partition coefficient (Wildman–Crippen LogP) is 1.53. The van der Waals surface area contributed by atoms with Crippen molar-refractivity contribution in [2.24, 2.45) is 0 Å². The van der Waals surface area contributed by atoms with Crippen LogP contribution in [0.5, 0.6) is 5.75 Å². The fourth-order valence-corrected chi connectivity index (χ4v) is 4.23. The van der Waals surface area contributed by atoms with Crippen molar-refractivity contribution in [2.45, 2.75) is 45.1 Å². The molecule has 1 unspecified atom stereocenters. The summed E-state index contributed by atoms with van der Waals surface area (Å²) in [6, 6.07) is 8.42. The summed E-state index contributed by atoms with van der Waals surface area (Å²) >= 11 is 0. The lowest BCUT2D eigenvalue weighted by molar-refractivity contribution is 0.0915. The summed E-state index contributed by atoms with van der Waals surface area (Å²) in [5.74, 6) is 0.968. The highest BCUT2D eigenvalue weighted by atomic mass is 16.5. The van der Waals surface area contributed by atoms with Crippen LogP contribution < -0.4 is 4.74 Å². The molecule has 1 saturated heterocycles. The number of likely N-dealkylation sites (tertiary alicyclic amines) is 1. The quantitative estimate of drug-likeness (QED) is 0.752. The van der Waals surface area contributed by atoms with Crippen LogP contribution in [0.4, 0.5) is 0 Å². The minimum absolute atomic E-state index is 0.300. The number of methoxy groups -OCH3 is 1. The Labute approximate surface area is 166 Å². The molecule has 2 aromatic rings. The summed E-state index contributed by atoms with van der Waals surface area (Å²) in [5, 5.41) is 23.4. The van der Waals surface area contributed by atoms with Gasteiger partial charge in [-0.1, -0.05) is 6.07 Å². The van der Waals surface area contributed by atoms with Gasteiger partial charge in [0.2, 0.25) is 0 Å². The number of hydrogen-bond donors (Lipinski definition) is 2. The van der Waals surface area contributed by atoms with E-state index in [0.717, 1.165) is 44.2 Å². The van der Waals surface area contributed by atoms with Crippen molar-refractivity contribution < 1.29 is 14.9 Å². The third kappa shape index (κ3) is 4.22. The van der Waals surface area contributed by atoms with Gasteiger partial charge in [0, 0.05) is 31.7 Å². The highest BCUT2D eigenvalue weighted by Crippen LogP contribution is 2.25. The van der Waals surface area contributed by atoms with Crippen LogP contribution in [0, 0.1) is 0 Å². The van der Waals surface area contributed by atoms with E-state index in [1.165, 1.54) is 37.1 Å². The van der Waals surface area contributed by atoms with Crippen molar-refractivity contribution in [1.29, 1.82) is 0 Å². The van der Waals surface area contributed by atoms with E-state index in [1.807, 2.05) is 10.7 Å². The lowest BCUT2D eigenvalue weighted by atomic mass is 10.1. The largest absolute Gasteiger partial charge is 0.496 e. The number of aliphatic hydroxyl groups is 2. The van der Waals surface area contributed by atoms with E-state index >= 15 is 0 Å². The molecule has 4 rings (SSSR count). The zero-order chi connectivity index (χ0) is 19.5. The standard InChI is InChI=1S/C21H30N4O3/c1-28-21-5-4-16(10-17(21)13-23-6-2-3-7-23)12-24-8-9-25-18(14-24)11-19(22-25)20(27)15-26/h4-5,10-11,20,26-27H,2-3,6-9,12-15H2,1H3.